The first-order chi connectivity index (χ1) is 8.03. The van der Waals surface area contributed by atoms with Crippen molar-refractivity contribution in [3.8, 4) is 0 Å². The van der Waals surface area contributed by atoms with Gasteiger partial charge in [-0.05, 0) is 24.1 Å². The van der Waals surface area contributed by atoms with Crippen LogP contribution in [-0.2, 0) is 21.2 Å². The topological polar surface area (TPSA) is 69.4 Å². The predicted octanol–water partition coefficient (Wildman–Crippen LogP) is 1.61. The number of ether oxygens (including phenoxy) is 1. The van der Waals surface area contributed by atoms with E-state index in [0.29, 0.717) is 19.6 Å². The molecule has 0 bridgehead atoms. The molecule has 5 heteroatoms. The van der Waals surface area contributed by atoms with Crippen molar-refractivity contribution in [1.82, 2.24) is 0 Å². The number of anilines is 1. The van der Waals surface area contributed by atoms with Crippen LogP contribution >= 0.6 is 0 Å². The standard InChI is InChI=1S/C12H19NO3S/c1-2-17(14,15)9-3-8-16-10-11-4-6-12(13)7-5-11/h4-7H,2-3,8-10,13H2,1H3. The van der Waals surface area contributed by atoms with Gasteiger partial charge in [0, 0.05) is 18.0 Å². The smallest absolute Gasteiger partial charge is 0.150 e. The molecular weight excluding hydrogens is 238 g/mol. The van der Waals surface area contributed by atoms with Crippen molar-refractivity contribution in [3.63, 3.8) is 0 Å². The van der Waals surface area contributed by atoms with Crippen LogP contribution in [0.15, 0.2) is 24.3 Å². The van der Waals surface area contributed by atoms with Crippen LogP contribution in [0.2, 0.25) is 0 Å². The van der Waals surface area contributed by atoms with Gasteiger partial charge in [0.15, 0.2) is 0 Å². The van der Waals surface area contributed by atoms with Gasteiger partial charge in [0.1, 0.15) is 9.84 Å². The second kappa shape index (κ2) is 6.61. The Morgan fingerprint density at radius 2 is 1.88 bits per heavy atom. The third-order valence-electron chi connectivity index (χ3n) is 2.43. The van der Waals surface area contributed by atoms with Gasteiger partial charge in [-0.3, -0.25) is 0 Å². The Balaban J connectivity index is 2.19. The highest BCUT2D eigenvalue weighted by atomic mass is 32.2. The average molecular weight is 257 g/mol. The van der Waals surface area contributed by atoms with Gasteiger partial charge >= 0.3 is 0 Å². The summed E-state index contributed by atoms with van der Waals surface area (Å²) in [7, 11) is -2.87. The van der Waals surface area contributed by atoms with Crippen molar-refractivity contribution in [1.29, 1.82) is 0 Å². The van der Waals surface area contributed by atoms with E-state index in [1.54, 1.807) is 6.92 Å². The fraction of sp³-hybridized carbons (Fsp3) is 0.500. The lowest BCUT2D eigenvalue weighted by molar-refractivity contribution is 0.122. The zero-order valence-corrected chi connectivity index (χ0v) is 10.9. The molecule has 0 aliphatic carbocycles. The molecule has 0 aliphatic heterocycles. The van der Waals surface area contributed by atoms with Crippen molar-refractivity contribution in [2.45, 2.75) is 20.0 Å². The van der Waals surface area contributed by atoms with Gasteiger partial charge in [-0.1, -0.05) is 19.1 Å². The van der Waals surface area contributed by atoms with Crippen molar-refractivity contribution in [3.05, 3.63) is 29.8 Å². The fourth-order valence-electron chi connectivity index (χ4n) is 1.33. The Hall–Kier alpha value is -1.07. The monoisotopic (exact) mass is 257 g/mol. The van der Waals surface area contributed by atoms with E-state index < -0.39 is 9.84 Å². The van der Waals surface area contributed by atoms with E-state index in [2.05, 4.69) is 0 Å². The maximum atomic E-state index is 11.2. The quantitative estimate of drug-likeness (QED) is 0.595. The normalized spacial score (nSPS) is 11.6. The molecule has 0 amide bonds. The molecule has 1 rings (SSSR count). The molecule has 0 heterocycles. The Bertz CT molecular complexity index is 426. The predicted molar refractivity (Wildman–Crippen MR) is 69.5 cm³/mol. The third-order valence-corrected chi connectivity index (χ3v) is 4.22. The van der Waals surface area contributed by atoms with Gasteiger partial charge in [0.25, 0.3) is 0 Å². The number of hydrogen-bond acceptors (Lipinski definition) is 4. The first-order valence-corrected chi connectivity index (χ1v) is 7.48. The maximum Gasteiger partial charge on any atom is 0.150 e. The number of benzene rings is 1. The van der Waals surface area contributed by atoms with Gasteiger partial charge < -0.3 is 10.5 Å². The molecule has 2 N–H and O–H groups in total. The van der Waals surface area contributed by atoms with Crippen LogP contribution in [0.4, 0.5) is 5.69 Å². The Morgan fingerprint density at radius 1 is 1.24 bits per heavy atom. The molecule has 0 aliphatic rings. The molecule has 1 aromatic carbocycles. The lowest BCUT2D eigenvalue weighted by atomic mass is 10.2. The molecule has 0 atom stereocenters. The highest BCUT2D eigenvalue weighted by Crippen LogP contribution is 2.06. The molecule has 0 saturated heterocycles. The Kier molecular flexibility index (Phi) is 5.44. The van der Waals surface area contributed by atoms with E-state index in [1.165, 1.54) is 0 Å². The third kappa shape index (κ3) is 5.70. The summed E-state index contributed by atoms with van der Waals surface area (Å²) in [4.78, 5) is 0. The number of nitrogen functional groups attached to an aromatic ring is 1. The summed E-state index contributed by atoms with van der Waals surface area (Å²) in [6.45, 7) is 2.61. The molecule has 4 nitrogen and oxygen atoms in total. The highest BCUT2D eigenvalue weighted by Gasteiger charge is 2.06. The molecular formula is C12H19NO3S. The molecule has 0 spiro atoms. The van der Waals surface area contributed by atoms with E-state index in [9.17, 15) is 8.42 Å². The lowest BCUT2D eigenvalue weighted by Gasteiger charge is -2.05. The molecule has 0 radical (unpaired) electrons. The van der Waals surface area contributed by atoms with Crippen molar-refractivity contribution >= 4 is 15.5 Å². The van der Waals surface area contributed by atoms with Crippen LogP contribution < -0.4 is 5.73 Å². The van der Waals surface area contributed by atoms with Crippen LogP contribution in [0, 0.1) is 0 Å². The van der Waals surface area contributed by atoms with E-state index in [4.69, 9.17) is 10.5 Å². The first-order valence-electron chi connectivity index (χ1n) is 5.66. The summed E-state index contributed by atoms with van der Waals surface area (Å²) in [6.07, 6.45) is 0.547. The zero-order valence-electron chi connectivity index (χ0n) is 10.1. The molecule has 0 saturated carbocycles. The van der Waals surface area contributed by atoms with Crippen LogP contribution in [0.1, 0.15) is 18.9 Å². The van der Waals surface area contributed by atoms with Crippen molar-refractivity contribution in [2.24, 2.45) is 0 Å². The average Bonchev–Trinajstić information content (AvgIpc) is 2.31. The number of sulfone groups is 1. The molecule has 96 valence electrons. The number of hydrogen-bond donors (Lipinski definition) is 1. The summed E-state index contributed by atoms with van der Waals surface area (Å²) < 4.78 is 27.8. The summed E-state index contributed by atoms with van der Waals surface area (Å²) >= 11 is 0. The minimum absolute atomic E-state index is 0.199. The summed E-state index contributed by atoms with van der Waals surface area (Å²) in [5.74, 6) is 0.399. The summed E-state index contributed by atoms with van der Waals surface area (Å²) in [6, 6.07) is 7.44. The van der Waals surface area contributed by atoms with E-state index >= 15 is 0 Å². The maximum absolute atomic E-state index is 11.2. The van der Waals surface area contributed by atoms with Crippen molar-refractivity contribution in [2.75, 3.05) is 23.8 Å². The van der Waals surface area contributed by atoms with Gasteiger partial charge in [-0.25, -0.2) is 8.42 Å². The number of nitrogens with two attached hydrogens (primary N) is 1. The number of rotatable bonds is 7. The summed E-state index contributed by atoms with van der Waals surface area (Å²) in [5, 5.41) is 0. The molecule has 0 unspecified atom stereocenters. The van der Waals surface area contributed by atoms with E-state index in [-0.39, 0.29) is 11.5 Å². The molecule has 0 fully saturated rings. The molecule has 1 aromatic rings. The second-order valence-corrected chi connectivity index (χ2v) is 6.36. The van der Waals surface area contributed by atoms with E-state index in [0.717, 1.165) is 11.3 Å². The van der Waals surface area contributed by atoms with Crippen LogP contribution in [0.25, 0.3) is 0 Å². The minimum Gasteiger partial charge on any atom is -0.399 e. The van der Waals surface area contributed by atoms with Crippen LogP contribution in [-0.4, -0.2) is 26.5 Å². The van der Waals surface area contributed by atoms with Gasteiger partial charge in [0.05, 0.1) is 12.4 Å². The van der Waals surface area contributed by atoms with Crippen molar-refractivity contribution < 1.29 is 13.2 Å². The molecule has 17 heavy (non-hydrogen) atoms. The lowest BCUT2D eigenvalue weighted by Crippen LogP contribution is -2.10. The SMILES string of the molecule is CCS(=O)(=O)CCCOCc1ccc(N)cc1. The Morgan fingerprint density at radius 3 is 2.47 bits per heavy atom. The van der Waals surface area contributed by atoms with Gasteiger partial charge in [0.2, 0.25) is 0 Å². The van der Waals surface area contributed by atoms with Gasteiger partial charge in [-0.15, -0.1) is 0 Å². The minimum atomic E-state index is -2.87. The fourth-order valence-corrected chi connectivity index (χ4v) is 2.18. The summed E-state index contributed by atoms with van der Waals surface area (Å²) in [5.41, 5.74) is 7.32. The van der Waals surface area contributed by atoms with Gasteiger partial charge in [-0.2, -0.15) is 0 Å². The van der Waals surface area contributed by atoms with Crippen LogP contribution in [0.3, 0.4) is 0 Å². The molecule has 0 aromatic heterocycles. The largest absolute Gasteiger partial charge is 0.399 e. The first kappa shape index (κ1) is 14.0. The second-order valence-electron chi connectivity index (χ2n) is 3.88. The Labute approximate surface area is 103 Å². The highest BCUT2D eigenvalue weighted by molar-refractivity contribution is 7.91. The zero-order chi connectivity index (χ0) is 12.7. The van der Waals surface area contributed by atoms with Crippen LogP contribution in [0.5, 0.6) is 0 Å². The van der Waals surface area contributed by atoms with E-state index in [1.807, 2.05) is 24.3 Å².